The van der Waals surface area contributed by atoms with Crippen molar-refractivity contribution in [3.63, 3.8) is 0 Å². The molecule has 2 saturated heterocycles. The number of esters is 1. The van der Waals surface area contributed by atoms with Crippen molar-refractivity contribution in [2.45, 2.75) is 77.6 Å². The fraction of sp³-hybridized carbons (Fsp3) is 0.833. The van der Waals surface area contributed by atoms with Gasteiger partial charge in [-0.25, -0.2) is 4.79 Å². The van der Waals surface area contributed by atoms with E-state index in [-0.39, 0.29) is 29.7 Å². The van der Waals surface area contributed by atoms with Crippen molar-refractivity contribution < 1.29 is 19.1 Å². The number of ether oxygens (including phenoxy) is 2. The van der Waals surface area contributed by atoms with Gasteiger partial charge < -0.3 is 9.47 Å². The van der Waals surface area contributed by atoms with E-state index in [1.165, 1.54) is 6.42 Å². The SMILES string of the molecule is CC(C)C1(C)CCCC(OC(=O)C2C(=C=O)C3CCC2O3)C1. The number of carbonyl (C=O) groups is 1. The van der Waals surface area contributed by atoms with Gasteiger partial charge in [-0.3, -0.25) is 4.79 Å². The van der Waals surface area contributed by atoms with E-state index in [0.29, 0.717) is 11.5 Å². The van der Waals surface area contributed by atoms with Gasteiger partial charge in [-0.15, -0.1) is 0 Å². The molecule has 5 atom stereocenters. The van der Waals surface area contributed by atoms with Crippen LogP contribution in [0.2, 0.25) is 0 Å². The standard InChI is InChI=1S/C18H26O4/c1-11(2)18(3)8-4-5-12(9-18)21-17(20)16-13(10-19)14-6-7-15(16)22-14/h11-12,14-16H,4-9H2,1-3H3. The number of carbonyl (C=O) groups excluding carboxylic acids is 2. The summed E-state index contributed by atoms with van der Waals surface area (Å²) >= 11 is 0. The third kappa shape index (κ3) is 2.63. The molecule has 0 aromatic carbocycles. The highest BCUT2D eigenvalue weighted by Gasteiger charge is 2.51. The topological polar surface area (TPSA) is 52.6 Å². The average Bonchev–Trinajstić information content (AvgIpc) is 3.07. The Bertz CT molecular complexity index is 505. The van der Waals surface area contributed by atoms with Gasteiger partial charge in [-0.2, -0.15) is 0 Å². The smallest absolute Gasteiger partial charge is 0.316 e. The maximum absolute atomic E-state index is 12.6. The monoisotopic (exact) mass is 306 g/mol. The molecule has 0 aromatic rings. The molecule has 1 aliphatic carbocycles. The van der Waals surface area contributed by atoms with Crippen molar-refractivity contribution in [3.05, 3.63) is 5.57 Å². The minimum atomic E-state index is -0.511. The molecule has 3 aliphatic rings. The zero-order valence-corrected chi connectivity index (χ0v) is 13.8. The summed E-state index contributed by atoms with van der Waals surface area (Å²) < 4.78 is 11.5. The normalized spacial score (nSPS) is 40.8. The van der Waals surface area contributed by atoms with Gasteiger partial charge in [0.2, 0.25) is 0 Å². The minimum absolute atomic E-state index is 0.0271. The van der Waals surface area contributed by atoms with Gasteiger partial charge in [0, 0.05) is 0 Å². The number of fused-ring (bicyclic) bond motifs is 2. The van der Waals surface area contributed by atoms with E-state index >= 15 is 0 Å². The second-order valence-electron chi connectivity index (χ2n) is 7.74. The van der Waals surface area contributed by atoms with E-state index in [1.54, 1.807) is 0 Å². The summed E-state index contributed by atoms with van der Waals surface area (Å²) in [6, 6.07) is 0. The summed E-state index contributed by atoms with van der Waals surface area (Å²) in [4.78, 5) is 23.7. The summed E-state index contributed by atoms with van der Waals surface area (Å²) in [6.07, 6.45) is 5.39. The maximum atomic E-state index is 12.6. The molecule has 5 unspecified atom stereocenters. The highest BCUT2D eigenvalue weighted by atomic mass is 16.6. The third-order valence-electron chi connectivity index (χ3n) is 6.12. The minimum Gasteiger partial charge on any atom is -0.462 e. The zero-order chi connectivity index (χ0) is 15.9. The molecule has 1 saturated carbocycles. The summed E-state index contributed by atoms with van der Waals surface area (Å²) in [5.74, 6) is 1.73. The van der Waals surface area contributed by atoms with Crippen LogP contribution in [0.4, 0.5) is 0 Å². The van der Waals surface area contributed by atoms with E-state index in [0.717, 1.165) is 32.1 Å². The van der Waals surface area contributed by atoms with E-state index < -0.39 is 5.92 Å². The first-order valence-electron chi connectivity index (χ1n) is 8.55. The summed E-state index contributed by atoms with van der Waals surface area (Å²) in [5.41, 5.74) is 0.709. The lowest BCUT2D eigenvalue weighted by atomic mass is 9.67. The van der Waals surface area contributed by atoms with Gasteiger partial charge in [0.15, 0.2) is 0 Å². The third-order valence-corrected chi connectivity index (χ3v) is 6.12. The second-order valence-corrected chi connectivity index (χ2v) is 7.74. The molecule has 0 aromatic heterocycles. The van der Waals surface area contributed by atoms with Gasteiger partial charge in [0.1, 0.15) is 18.0 Å². The fourth-order valence-corrected chi connectivity index (χ4v) is 4.27. The first-order chi connectivity index (χ1) is 10.4. The molecule has 3 rings (SSSR count). The Morgan fingerprint density at radius 1 is 1.36 bits per heavy atom. The first-order valence-corrected chi connectivity index (χ1v) is 8.55. The molecule has 4 nitrogen and oxygen atoms in total. The zero-order valence-electron chi connectivity index (χ0n) is 13.8. The van der Waals surface area contributed by atoms with Crippen molar-refractivity contribution in [1.29, 1.82) is 0 Å². The van der Waals surface area contributed by atoms with Crippen LogP contribution in [0.5, 0.6) is 0 Å². The van der Waals surface area contributed by atoms with E-state index in [4.69, 9.17) is 9.47 Å². The molecule has 0 amide bonds. The molecule has 3 fully saturated rings. The Labute approximate surface area is 132 Å². The molecular weight excluding hydrogens is 280 g/mol. The molecule has 122 valence electrons. The number of rotatable bonds is 3. The van der Waals surface area contributed by atoms with Crippen LogP contribution in [0.15, 0.2) is 5.57 Å². The Hall–Kier alpha value is -1.12. The second kappa shape index (κ2) is 5.82. The molecule has 2 bridgehead atoms. The molecular formula is C18H26O4. The number of hydrogen-bond donors (Lipinski definition) is 0. The van der Waals surface area contributed by atoms with Crippen LogP contribution >= 0.6 is 0 Å². The van der Waals surface area contributed by atoms with Gasteiger partial charge in [0.25, 0.3) is 0 Å². The molecule has 0 radical (unpaired) electrons. The Kier molecular flexibility index (Phi) is 4.17. The molecule has 22 heavy (non-hydrogen) atoms. The quantitative estimate of drug-likeness (QED) is 0.594. The van der Waals surface area contributed by atoms with Gasteiger partial charge >= 0.3 is 5.97 Å². The van der Waals surface area contributed by atoms with Crippen LogP contribution in [-0.4, -0.2) is 30.2 Å². The van der Waals surface area contributed by atoms with Crippen LogP contribution < -0.4 is 0 Å². The lowest BCUT2D eigenvalue weighted by Crippen LogP contribution is -2.38. The lowest BCUT2D eigenvalue weighted by Gasteiger charge is -2.41. The fourth-order valence-electron chi connectivity index (χ4n) is 4.27. The Balaban J connectivity index is 1.66. The van der Waals surface area contributed by atoms with E-state index in [9.17, 15) is 9.59 Å². The van der Waals surface area contributed by atoms with Gasteiger partial charge in [0.05, 0.1) is 17.8 Å². The predicted molar refractivity (Wildman–Crippen MR) is 81.9 cm³/mol. The highest BCUT2D eigenvalue weighted by Crippen LogP contribution is 2.45. The molecule has 2 heterocycles. The van der Waals surface area contributed by atoms with Crippen molar-refractivity contribution >= 4 is 11.9 Å². The van der Waals surface area contributed by atoms with Crippen LogP contribution in [0, 0.1) is 17.3 Å². The van der Waals surface area contributed by atoms with Crippen LogP contribution in [-0.2, 0) is 19.1 Å². The van der Waals surface area contributed by atoms with Crippen LogP contribution in [0.25, 0.3) is 0 Å². The Morgan fingerprint density at radius 2 is 2.14 bits per heavy atom. The average molecular weight is 306 g/mol. The van der Waals surface area contributed by atoms with Crippen molar-refractivity contribution in [3.8, 4) is 0 Å². The molecule has 4 heteroatoms. The maximum Gasteiger partial charge on any atom is 0.316 e. The highest BCUT2D eigenvalue weighted by molar-refractivity contribution is 5.82. The van der Waals surface area contributed by atoms with Crippen molar-refractivity contribution in [1.82, 2.24) is 0 Å². The van der Waals surface area contributed by atoms with Gasteiger partial charge in [-0.1, -0.05) is 20.8 Å². The first kappa shape index (κ1) is 15.8. The van der Waals surface area contributed by atoms with E-state index in [1.807, 2.05) is 5.94 Å². The van der Waals surface area contributed by atoms with Gasteiger partial charge in [-0.05, 0) is 49.9 Å². The van der Waals surface area contributed by atoms with Crippen LogP contribution in [0.1, 0.15) is 59.3 Å². The lowest BCUT2D eigenvalue weighted by molar-refractivity contribution is -0.158. The summed E-state index contributed by atoms with van der Waals surface area (Å²) in [6.45, 7) is 6.76. The molecule has 0 N–H and O–H groups in total. The summed E-state index contributed by atoms with van der Waals surface area (Å²) in [7, 11) is 0. The predicted octanol–water partition coefficient (Wildman–Crippen LogP) is 3.07. The van der Waals surface area contributed by atoms with Crippen LogP contribution in [0.3, 0.4) is 0 Å². The molecule has 0 spiro atoms. The van der Waals surface area contributed by atoms with Crippen molar-refractivity contribution in [2.75, 3.05) is 0 Å². The molecule has 2 aliphatic heterocycles. The number of hydrogen-bond acceptors (Lipinski definition) is 4. The van der Waals surface area contributed by atoms with Crippen molar-refractivity contribution in [2.24, 2.45) is 17.3 Å². The Morgan fingerprint density at radius 3 is 2.82 bits per heavy atom. The largest absolute Gasteiger partial charge is 0.462 e. The summed E-state index contributed by atoms with van der Waals surface area (Å²) in [5, 5.41) is 0. The van der Waals surface area contributed by atoms with E-state index in [2.05, 4.69) is 20.8 Å².